The minimum Gasteiger partial charge on any atom is -0.427 e. The van der Waals surface area contributed by atoms with Gasteiger partial charge < -0.3 is 15.4 Å². The molecule has 0 saturated carbocycles. The number of nitrogens with one attached hydrogen (secondary N) is 2. The second-order valence-corrected chi connectivity index (χ2v) is 5.00. The summed E-state index contributed by atoms with van der Waals surface area (Å²) in [5.74, 6) is -1.13. The fourth-order valence-electron chi connectivity index (χ4n) is 2.03. The zero-order chi connectivity index (χ0) is 18.2. The quantitative estimate of drug-likeness (QED) is 0.644. The van der Waals surface area contributed by atoms with E-state index < -0.39 is 17.8 Å². The van der Waals surface area contributed by atoms with E-state index in [2.05, 4.69) is 10.6 Å². The third-order valence-electron chi connectivity index (χ3n) is 3.05. The highest BCUT2D eigenvalue weighted by molar-refractivity contribution is 6.07. The lowest BCUT2D eigenvalue weighted by Gasteiger charge is -2.12. The molecule has 0 aliphatic heterocycles. The summed E-state index contributed by atoms with van der Waals surface area (Å²) in [6, 6.07) is 14.5. The van der Waals surface area contributed by atoms with Crippen molar-refractivity contribution in [1.29, 1.82) is 5.26 Å². The fourth-order valence-corrected chi connectivity index (χ4v) is 2.03. The Hall–Kier alpha value is -3.66. The number of anilines is 2. The normalized spacial score (nSPS) is 9.60. The monoisotopic (exact) mass is 337 g/mol. The number of nitriles is 1. The van der Waals surface area contributed by atoms with Crippen molar-refractivity contribution < 1.29 is 19.1 Å². The second-order valence-electron chi connectivity index (χ2n) is 5.00. The van der Waals surface area contributed by atoms with Crippen LogP contribution in [0.4, 0.5) is 11.4 Å². The number of rotatable bonds is 5. The Labute approximate surface area is 144 Å². The molecule has 126 valence electrons. The molecule has 0 saturated heterocycles. The Kier molecular flexibility index (Phi) is 5.85. The maximum Gasteiger partial charge on any atom is 0.308 e. The van der Waals surface area contributed by atoms with Gasteiger partial charge in [-0.05, 0) is 30.3 Å². The third kappa shape index (κ3) is 5.18. The minimum absolute atomic E-state index is 0.260. The molecule has 25 heavy (non-hydrogen) atoms. The van der Waals surface area contributed by atoms with Crippen LogP contribution in [-0.4, -0.2) is 17.8 Å². The molecule has 7 heteroatoms. The van der Waals surface area contributed by atoms with E-state index in [0.29, 0.717) is 11.4 Å². The van der Waals surface area contributed by atoms with Crippen molar-refractivity contribution in [1.82, 2.24) is 0 Å². The van der Waals surface area contributed by atoms with Crippen molar-refractivity contribution in [3.8, 4) is 11.8 Å². The number of ether oxygens (including phenoxy) is 1. The lowest BCUT2D eigenvalue weighted by Crippen LogP contribution is -2.16. The summed E-state index contributed by atoms with van der Waals surface area (Å²) in [4.78, 5) is 35.0. The van der Waals surface area contributed by atoms with Crippen molar-refractivity contribution in [2.45, 2.75) is 13.3 Å². The zero-order valence-electron chi connectivity index (χ0n) is 13.4. The SMILES string of the molecule is CC(=O)Oc1cccc(C(=O)Nc2ccccc2NC(=O)CC#N)c1. The molecule has 2 rings (SSSR count). The molecule has 0 aromatic heterocycles. The highest BCUT2D eigenvalue weighted by Crippen LogP contribution is 2.22. The Morgan fingerprint density at radius 3 is 2.36 bits per heavy atom. The predicted molar refractivity (Wildman–Crippen MR) is 91.0 cm³/mol. The molecule has 7 nitrogen and oxygen atoms in total. The van der Waals surface area contributed by atoms with Crippen LogP contribution in [0.5, 0.6) is 5.75 Å². The van der Waals surface area contributed by atoms with Gasteiger partial charge >= 0.3 is 5.97 Å². The highest BCUT2D eigenvalue weighted by Gasteiger charge is 2.12. The summed E-state index contributed by atoms with van der Waals surface area (Å²) in [7, 11) is 0. The van der Waals surface area contributed by atoms with E-state index in [1.54, 1.807) is 48.5 Å². The van der Waals surface area contributed by atoms with Crippen molar-refractivity contribution in [3.63, 3.8) is 0 Å². The molecule has 2 N–H and O–H groups in total. The average Bonchev–Trinajstić information content (AvgIpc) is 2.56. The van der Waals surface area contributed by atoms with Crippen LogP contribution in [0.1, 0.15) is 23.7 Å². The van der Waals surface area contributed by atoms with Gasteiger partial charge in [0.25, 0.3) is 5.91 Å². The van der Waals surface area contributed by atoms with E-state index in [0.717, 1.165) is 0 Å². The molecule has 0 fully saturated rings. The number of para-hydroxylation sites is 2. The van der Waals surface area contributed by atoms with Crippen LogP contribution in [0.25, 0.3) is 0 Å². The summed E-state index contributed by atoms with van der Waals surface area (Å²) in [6.07, 6.45) is -0.285. The Bertz CT molecular complexity index is 855. The zero-order valence-corrected chi connectivity index (χ0v) is 13.4. The molecule has 0 bridgehead atoms. The van der Waals surface area contributed by atoms with Crippen LogP contribution in [0, 0.1) is 11.3 Å². The molecule has 0 atom stereocenters. The Balaban J connectivity index is 2.17. The first kappa shape index (κ1) is 17.7. The molecule has 0 radical (unpaired) electrons. The lowest BCUT2D eigenvalue weighted by atomic mass is 10.2. The molecule has 2 aromatic carbocycles. The van der Waals surface area contributed by atoms with Gasteiger partial charge in [0.15, 0.2) is 0 Å². The Morgan fingerprint density at radius 1 is 1.04 bits per heavy atom. The van der Waals surface area contributed by atoms with Crippen LogP contribution in [-0.2, 0) is 9.59 Å². The van der Waals surface area contributed by atoms with Gasteiger partial charge in [0, 0.05) is 12.5 Å². The average molecular weight is 337 g/mol. The molecular weight excluding hydrogens is 322 g/mol. The van der Waals surface area contributed by atoms with Gasteiger partial charge in [-0.15, -0.1) is 0 Å². The van der Waals surface area contributed by atoms with Crippen molar-refractivity contribution in [2.75, 3.05) is 10.6 Å². The number of carbonyl (C=O) groups is 3. The number of esters is 1. The topological polar surface area (TPSA) is 108 Å². The number of hydrogen-bond acceptors (Lipinski definition) is 5. The van der Waals surface area contributed by atoms with Crippen molar-refractivity contribution >= 4 is 29.2 Å². The van der Waals surface area contributed by atoms with Crippen LogP contribution in [0.3, 0.4) is 0 Å². The van der Waals surface area contributed by atoms with Crippen LogP contribution in [0.15, 0.2) is 48.5 Å². The van der Waals surface area contributed by atoms with Gasteiger partial charge in [0.05, 0.1) is 17.4 Å². The molecule has 2 aromatic rings. The second kappa shape index (κ2) is 8.26. The van der Waals surface area contributed by atoms with E-state index in [-0.39, 0.29) is 17.7 Å². The van der Waals surface area contributed by atoms with Gasteiger partial charge in [-0.1, -0.05) is 18.2 Å². The van der Waals surface area contributed by atoms with Gasteiger partial charge in [-0.25, -0.2) is 0 Å². The van der Waals surface area contributed by atoms with E-state index >= 15 is 0 Å². The van der Waals surface area contributed by atoms with Crippen molar-refractivity contribution in [3.05, 3.63) is 54.1 Å². The number of nitrogens with zero attached hydrogens (tertiary/aromatic N) is 1. The number of amides is 2. The molecule has 0 aliphatic rings. The summed E-state index contributed by atoms with van der Waals surface area (Å²) >= 11 is 0. The van der Waals surface area contributed by atoms with Gasteiger partial charge in [-0.2, -0.15) is 5.26 Å². The van der Waals surface area contributed by atoms with Crippen LogP contribution in [0.2, 0.25) is 0 Å². The van der Waals surface area contributed by atoms with Crippen molar-refractivity contribution in [2.24, 2.45) is 0 Å². The molecule has 0 unspecified atom stereocenters. The molecule has 0 spiro atoms. The summed E-state index contributed by atoms with van der Waals surface area (Å²) in [6.45, 7) is 1.27. The first-order valence-electron chi connectivity index (χ1n) is 7.35. The van der Waals surface area contributed by atoms with E-state index in [9.17, 15) is 14.4 Å². The van der Waals surface area contributed by atoms with Gasteiger partial charge in [-0.3, -0.25) is 14.4 Å². The third-order valence-corrected chi connectivity index (χ3v) is 3.05. The van der Waals surface area contributed by atoms with E-state index in [4.69, 9.17) is 10.00 Å². The molecular formula is C18H15N3O4. The maximum atomic E-state index is 12.4. The number of carbonyl (C=O) groups excluding carboxylic acids is 3. The number of hydrogen-bond donors (Lipinski definition) is 2. The standard InChI is InChI=1S/C18H15N3O4/c1-12(22)25-14-6-4-5-13(11-14)18(24)21-16-8-3-2-7-15(16)20-17(23)9-10-19/h2-8,11H,9H2,1H3,(H,20,23)(H,21,24). The van der Waals surface area contributed by atoms with Gasteiger partial charge in [0.2, 0.25) is 5.91 Å². The molecule has 2 amide bonds. The molecule has 0 aliphatic carbocycles. The minimum atomic E-state index is -0.483. The first-order valence-corrected chi connectivity index (χ1v) is 7.35. The summed E-state index contributed by atoms with van der Waals surface area (Å²) in [5.41, 5.74) is 1.06. The fraction of sp³-hybridized carbons (Fsp3) is 0.111. The smallest absolute Gasteiger partial charge is 0.308 e. The van der Waals surface area contributed by atoms with Crippen LogP contribution < -0.4 is 15.4 Å². The van der Waals surface area contributed by atoms with E-state index in [1.807, 2.05) is 0 Å². The number of benzene rings is 2. The maximum absolute atomic E-state index is 12.4. The van der Waals surface area contributed by atoms with Gasteiger partial charge in [0.1, 0.15) is 12.2 Å². The lowest BCUT2D eigenvalue weighted by molar-refractivity contribution is -0.131. The Morgan fingerprint density at radius 2 is 1.72 bits per heavy atom. The largest absolute Gasteiger partial charge is 0.427 e. The summed E-state index contributed by atoms with van der Waals surface area (Å²) < 4.78 is 4.95. The first-order chi connectivity index (χ1) is 12.0. The molecule has 0 heterocycles. The highest BCUT2D eigenvalue weighted by atomic mass is 16.5. The van der Waals surface area contributed by atoms with Crippen LogP contribution >= 0.6 is 0 Å². The summed E-state index contributed by atoms with van der Waals surface area (Å²) in [5, 5.41) is 13.8. The van der Waals surface area contributed by atoms with E-state index in [1.165, 1.54) is 13.0 Å². The predicted octanol–water partition coefficient (Wildman–Crippen LogP) is 2.72.